The molecule has 0 amide bonds. The van der Waals surface area contributed by atoms with Crippen molar-refractivity contribution in [1.82, 2.24) is 0 Å². The molecule has 1 rings (SSSR count). The Bertz CT molecular complexity index is 1050. The third-order valence-electron chi connectivity index (χ3n) is 6.26. The van der Waals surface area contributed by atoms with Gasteiger partial charge in [-0.05, 0) is 31.9 Å². The van der Waals surface area contributed by atoms with E-state index in [9.17, 15) is 18.0 Å². The average Bonchev–Trinajstić information content (AvgIpc) is 3.09. The van der Waals surface area contributed by atoms with Crippen LogP contribution in [0.5, 0.6) is 0 Å². The van der Waals surface area contributed by atoms with Crippen LogP contribution in [0.1, 0.15) is 31.2 Å². The minimum atomic E-state index is -3.78. The molecule has 0 aliphatic carbocycles. The lowest BCUT2D eigenvalue weighted by Gasteiger charge is -2.09. The number of esters is 1. The lowest BCUT2D eigenvalue weighted by atomic mass is 10.2. The van der Waals surface area contributed by atoms with Crippen molar-refractivity contribution >= 4 is 22.1 Å². The van der Waals surface area contributed by atoms with Crippen molar-refractivity contribution in [1.29, 1.82) is 0 Å². The monoisotopic (exact) mass is 740 g/mol. The van der Waals surface area contributed by atoms with E-state index in [4.69, 9.17) is 56.7 Å². The Morgan fingerprint density at radius 1 is 0.500 bits per heavy atom. The fourth-order valence-corrected chi connectivity index (χ4v) is 4.56. The molecule has 0 spiro atoms. The summed E-state index contributed by atoms with van der Waals surface area (Å²) < 4.78 is 82.8. The number of carboxylic acids is 1. The van der Waals surface area contributed by atoms with Crippen molar-refractivity contribution in [2.24, 2.45) is 0 Å². The van der Waals surface area contributed by atoms with Crippen molar-refractivity contribution in [2.75, 3.05) is 132 Å². The number of aliphatic carboxylic acids is 1. The Morgan fingerprint density at radius 2 is 0.820 bits per heavy atom. The number of carboxylic acid groups (broad SMARTS) is 1. The summed E-state index contributed by atoms with van der Waals surface area (Å²) in [4.78, 5) is 22.0. The van der Waals surface area contributed by atoms with Crippen LogP contribution in [-0.2, 0) is 71.3 Å². The minimum Gasteiger partial charge on any atom is -0.481 e. The Morgan fingerprint density at radius 3 is 1.18 bits per heavy atom. The van der Waals surface area contributed by atoms with Gasteiger partial charge >= 0.3 is 11.9 Å². The lowest BCUT2D eigenvalue weighted by molar-refractivity contribution is -0.146. The number of aryl methyl sites for hydroxylation is 1. The molecular weight excluding hydrogens is 684 g/mol. The molecule has 290 valence electrons. The maximum absolute atomic E-state index is 12.1. The van der Waals surface area contributed by atoms with Gasteiger partial charge in [0.1, 0.15) is 6.61 Å². The van der Waals surface area contributed by atoms with Crippen LogP contribution < -0.4 is 0 Å². The van der Waals surface area contributed by atoms with Crippen molar-refractivity contribution in [3.8, 4) is 0 Å². The maximum atomic E-state index is 12.1. The summed E-state index contributed by atoms with van der Waals surface area (Å²) in [7, 11) is -3.78. The maximum Gasteiger partial charge on any atom is 0.305 e. The van der Waals surface area contributed by atoms with Crippen molar-refractivity contribution < 1.29 is 74.7 Å². The number of benzene rings is 1. The molecule has 1 N–H and O–H groups in total. The molecule has 0 bridgehead atoms. The van der Waals surface area contributed by atoms with Gasteiger partial charge in [0.2, 0.25) is 0 Å². The molecule has 16 nitrogen and oxygen atoms in total. The highest BCUT2D eigenvalue weighted by Crippen LogP contribution is 2.13. The van der Waals surface area contributed by atoms with E-state index in [-0.39, 0.29) is 50.1 Å². The van der Waals surface area contributed by atoms with Gasteiger partial charge in [0, 0.05) is 12.8 Å². The van der Waals surface area contributed by atoms with E-state index in [1.165, 1.54) is 12.1 Å². The Kier molecular flexibility index (Phi) is 29.8. The van der Waals surface area contributed by atoms with Gasteiger partial charge in [-0.15, -0.1) is 0 Å². The van der Waals surface area contributed by atoms with Gasteiger partial charge in [0.25, 0.3) is 10.1 Å². The first-order valence-corrected chi connectivity index (χ1v) is 18.3. The van der Waals surface area contributed by atoms with E-state index in [1.54, 1.807) is 12.1 Å². The third kappa shape index (κ3) is 29.4. The first-order chi connectivity index (χ1) is 24.3. The predicted molar refractivity (Wildman–Crippen MR) is 179 cm³/mol. The third-order valence-corrected chi connectivity index (χ3v) is 7.59. The zero-order valence-electron chi connectivity index (χ0n) is 29.3. The Hall–Kier alpha value is -2.29. The van der Waals surface area contributed by atoms with Gasteiger partial charge in [0.15, 0.2) is 0 Å². The molecule has 0 fully saturated rings. The molecule has 0 aromatic heterocycles. The van der Waals surface area contributed by atoms with Gasteiger partial charge in [-0.2, -0.15) is 8.42 Å². The highest BCUT2D eigenvalue weighted by atomic mass is 32.2. The molecule has 0 unspecified atom stereocenters. The van der Waals surface area contributed by atoms with Crippen LogP contribution in [0.25, 0.3) is 0 Å². The SMILES string of the molecule is Cc1ccc(S(=O)(=O)OCCOCCOCCOCCOCCOCCOCCOCCOCCOCCOC(=O)CCCCC(=O)O)cc1. The number of carbonyl (C=O) groups excluding carboxylic acids is 1. The molecule has 1 aromatic rings. The second-order valence-electron chi connectivity index (χ2n) is 10.4. The molecule has 0 saturated carbocycles. The summed E-state index contributed by atoms with van der Waals surface area (Å²) in [6.45, 7) is 9.11. The molecule has 0 atom stereocenters. The van der Waals surface area contributed by atoms with Crippen molar-refractivity contribution in [3.63, 3.8) is 0 Å². The average molecular weight is 741 g/mol. The zero-order valence-corrected chi connectivity index (χ0v) is 30.1. The molecule has 17 heteroatoms. The first kappa shape index (κ1) is 45.7. The highest BCUT2D eigenvalue weighted by Gasteiger charge is 2.14. The number of ether oxygens (including phenoxy) is 10. The summed E-state index contributed by atoms with van der Waals surface area (Å²) in [6, 6.07) is 6.45. The number of carbonyl (C=O) groups is 2. The molecule has 0 heterocycles. The van der Waals surface area contributed by atoms with E-state index >= 15 is 0 Å². The predicted octanol–water partition coefficient (Wildman–Crippen LogP) is 2.04. The fraction of sp³-hybridized carbons (Fsp3) is 0.758. The molecule has 1 aromatic carbocycles. The van der Waals surface area contributed by atoms with E-state index < -0.39 is 16.1 Å². The Balaban J connectivity index is 1.69. The van der Waals surface area contributed by atoms with Crippen LogP contribution in [-0.4, -0.2) is 158 Å². The van der Waals surface area contributed by atoms with E-state index in [2.05, 4.69) is 0 Å². The number of rotatable bonds is 37. The topological polar surface area (TPSA) is 190 Å². The van der Waals surface area contributed by atoms with E-state index in [1.807, 2.05) is 6.92 Å². The van der Waals surface area contributed by atoms with Gasteiger partial charge in [0.05, 0.1) is 130 Å². The number of hydrogen-bond donors (Lipinski definition) is 1. The summed E-state index contributed by atoms with van der Waals surface area (Å²) >= 11 is 0. The summed E-state index contributed by atoms with van der Waals surface area (Å²) in [5, 5.41) is 8.55. The standard InChI is InChI=1S/C33H56O16S/c1-30-6-8-31(9-7-30)50(37,38)49-29-27-47-25-23-45-21-19-43-17-15-41-13-11-39-10-12-40-14-16-42-18-20-44-22-24-46-26-28-48-33(36)5-3-2-4-32(34)35/h6-9H,2-5,10-29H2,1H3,(H,34,35). The molecule has 0 saturated heterocycles. The molecule has 50 heavy (non-hydrogen) atoms. The van der Waals surface area contributed by atoms with Gasteiger partial charge in [-0.25, -0.2) is 0 Å². The van der Waals surface area contributed by atoms with Crippen LogP contribution in [0.3, 0.4) is 0 Å². The van der Waals surface area contributed by atoms with Crippen LogP contribution >= 0.6 is 0 Å². The molecule has 0 aliphatic heterocycles. The van der Waals surface area contributed by atoms with Crippen LogP contribution in [0, 0.1) is 6.92 Å². The highest BCUT2D eigenvalue weighted by molar-refractivity contribution is 7.86. The van der Waals surface area contributed by atoms with Crippen LogP contribution in [0.2, 0.25) is 0 Å². The summed E-state index contributed by atoms with van der Waals surface area (Å²) in [5.74, 6) is -1.22. The summed E-state index contributed by atoms with van der Waals surface area (Å²) in [5.41, 5.74) is 0.968. The first-order valence-electron chi connectivity index (χ1n) is 16.8. The second-order valence-corrected chi connectivity index (χ2v) is 12.0. The number of unbranched alkanes of at least 4 members (excludes halogenated alkanes) is 1. The van der Waals surface area contributed by atoms with Crippen LogP contribution in [0.4, 0.5) is 0 Å². The number of hydrogen-bond acceptors (Lipinski definition) is 15. The van der Waals surface area contributed by atoms with E-state index in [0.29, 0.717) is 119 Å². The lowest BCUT2D eigenvalue weighted by Crippen LogP contribution is -2.16. The largest absolute Gasteiger partial charge is 0.481 e. The van der Waals surface area contributed by atoms with E-state index in [0.717, 1.165) is 5.56 Å². The fourth-order valence-electron chi connectivity index (χ4n) is 3.67. The molecular formula is C33H56O16S. The van der Waals surface area contributed by atoms with Crippen LogP contribution in [0.15, 0.2) is 29.2 Å². The Labute approximate surface area is 295 Å². The van der Waals surface area contributed by atoms with Gasteiger partial charge in [-0.1, -0.05) is 17.7 Å². The normalized spacial score (nSPS) is 11.6. The smallest absolute Gasteiger partial charge is 0.305 e. The van der Waals surface area contributed by atoms with Gasteiger partial charge in [-0.3, -0.25) is 13.8 Å². The molecule has 0 aliphatic rings. The second kappa shape index (κ2) is 32.6. The minimum absolute atomic E-state index is 0.0533. The summed E-state index contributed by atoms with van der Waals surface area (Å²) in [6.07, 6.45) is 1.21. The quantitative estimate of drug-likeness (QED) is 0.0592. The van der Waals surface area contributed by atoms with Gasteiger partial charge < -0.3 is 52.5 Å². The van der Waals surface area contributed by atoms with Crippen molar-refractivity contribution in [3.05, 3.63) is 29.8 Å². The zero-order chi connectivity index (χ0) is 36.4. The van der Waals surface area contributed by atoms with Crippen molar-refractivity contribution in [2.45, 2.75) is 37.5 Å². The molecule has 0 radical (unpaired) electrons.